The lowest BCUT2D eigenvalue weighted by atomic mass is 10.1. The smallest absolute Gasteiger partial charge is 0.211 e. The molecular weight excluding hydrogens is 424 g/mol. The van der Waals surface area contributed by atoms with Crippen molar-refractivity contribution in [3.05, 3.63) is 59.7 Å². The summed E-state index contributed by atoms with van der Waals surface area (Å²) in [6.45, 7) is 10.5. The molecule has 0 aliphatic rings. The number of benzene rings is 1. The first kappa shape index (κ1) is 21.6. The molecule has 1 aromatic carbocycles. The molecule has 4 rings (SSSR count). The fourth-order valence-electron chi connectivity index (χ4n) is 3.45. The average Bonchev–Trinajstić information content (AvgIpc) is 3.30. The Balaban J connectivity index is 1.77. The summed E-state index contributed by atoms with van der Waals surface area (Å²) in [5.74, 6) is 0.840. The molecule has 0 atom stereocenters. The van der Waals surface area contributed by atoms with E-state index >= 15 is 0 Å². The maximum atomic E-state index is 5.31. The van der Waals surface area contributed by atoms with E-state index in [0.29, 0.717) is 5.25 Å². The van der Waals surface area contributed by atoms with Gasteiger partial charge < -0.3 is 4.74 Å². The first-order valence-electron chi connectivity index (χ1n) is 10.2. The largest absolute Gasteiger partial charge is 0.497 e. The SMILES string of the molecule is COc1ccc(-c2nc(-n3cc(-c4cc(C)nc(C)c4)c(C)n3)sc2SC(C)C)cc1. The number of aryl methyl sites for hydroxylation is 3. The molecular formula is C24H26N4OS2. The molecule has 0 fully saturated rings. The lowest BCUT2D eigenvalue weighted by Gasteiger charge is -2.05. The highest BCUT2D eigenvalue weighted by Crippen LogP contribution is 2.40. The fourth-order valence-corrected chi connectivity index (χ4v) is 5.90. The predicted molar refractivity (Wildman–Crippen MR) is 130 cm³/mol. The van der Waals surface area contributed by atoms with Crippen LogP contribution in [0.15, 0.2) is 46.8 Å². The molecule has 0 saturated carbocycles. The summed E-state index contributed by atoms with van der Waals surface area (Å²) in [6, 6.07) is 12.3. The van der Waals surface area contributed by atoms with Crippen LogP contribution in [0.5, 0.6) is 5.75 Å². The van der Waals surface area contributed by atoms with Gasteiger partial charge in [0.05, 0.1) is 22.7 Å². The van der Waals surface area contributed by atoms with Crippen LogP contribution in [-0.2, 0) is 0 Å². The van der Waals surface area contributed by atoms with Gasteiger partial charge in [0.25, 0.3) is 0 Å². The van der Waals surface area contributed by atoms with Gasteiger partial charge in [0.2, 0.25) is 5.13 Å². The van der Waals surface area contributed by atoms with Gasteiger partial charge in [-0.05, 0) is 62.7 Å². The molecule has 0 unspecified atom stereocenters. The maximum Gasteiger partial charge on any atom is 0.211 e. The molecule has 3 heterocycles. The predicted octanol–water partition coefficient (Wildman–Crippen LogP) is 6.49. The third-order valence-electron chi connectivity index (χ3n) is 4.78. The standard InChI is InChI=1S/C24H26N4OS2/c1-14(2)30-23-22(18-7-9-20(29-6)10-8-18)26-24(31-23)28-13-21(17(5)27-28)19-11-15(3)25-16(4)12-19/h7-14H,1-6H3. The van der Waals surface area contributed by atoms with Crippen molar-refractivity contribution in [3.63, 3.8) is 0 Å². The van der Waals surface area contributed by atoms with Gasteiger partial charge in [-0.15, -0.1) is 11.8 Å². The topological polar surface area (TPSA) is 52.8 Å². The van der Waals surface area contributed by atoms with E-state index in [0.717, 1.165) is 50.3 Å². The normalized spacial score (nSPS) is 11.3. The Morgan fingerprint density at radius 1 is 0.968 bits per heavy atom. The molecule has 0 N–H and O–H groups in total. The third kappa shape index (κ3) is 4.67. The molecule has 7 heteroatoms. The number of thiazole rings is 1. The van der Waals surface area contributed by atoms with Crippen molar-refractivity contribution in [2.24, 2.45) is 0 Å². The van der Waals surface area contributed by atoms with Crippen molar-refractivity contribution in [2.75, 3.05) is 7.11 Å². The first-order valence-corrected chi connectivity index (χ1v) is 11.9. The third-order valence-corrected chi connectivity index (χ3v) is 7.04. The van der Waals surface area contributed by atoms with Gasteiger partial charge in [0, 0.05) is 34.0 Å². The van der Waals surface area contributed by atoms with E-state index in [1.165, 1.54) is 4.21 Å². The number of thioether (sulfide) groups is 1. The summed E-state index contributed by atoms with van der Waals surface area (Å²) in [5, 5.41) is 6.11. The van der Waals surface area contributed by atoms with E-state index in [1.807, 2.05) is 49.3 Å². The zero-order valence-corrected chi connectivity index (χ0v) is 20.3. The minimum atomic E-state index is 0.461. The molecule has 5 nitrogen and oxygen atoms in total. The summed E-state index contributed by atoms with van der Waals surface area (Å²) in [5.41, 5.74) is 7.31. The monoisotopic (exact) mass is 450 g/mol. The van der Waals surface area contributed by atoms with Crippen molar-refractivity contribution < 1.29 is 4.74 Å². The van der Waals surface area contributed by atoms with E-state index in [1.54, 1.807) is 18.4 Å². The molecule has 0 bridgehead atoms. The van der Waals surface area contributed by atoms with Crippen LogP contribution in [0.1, 0.15) is 30.9 Å². The number of pyridine rings is 1. The Bertz CT molecular complexity index is 1190. The lowest BCUT2D eigenvalue weighted by Crippen LogP contribution is -1.94. The average molecular weight is 451 g/mol. The highest BCUT2D eigenvalue weighted by Gasteiger charge is 2.18. The Morgan fingerprint density at radius 2 is 1.65 bits per heavy atom. The number of ether oxygens (including phenoxy) is 1. The molecule has 160 valence electrons. The molecule has 31 heavy (non-hydrogen) atoms. The zero-order valence-electron chi connectivity index (χ0n) is 18.6. The second-order valence-electron chi connectivity index (χ2n) is 7.74. The van der Waals surface area contributed by atoms with Gasteiger partial charge >= 0.3 is 0 Å². The summed E-state index contributed by atoms with van der Waals surface area (Å²) < 4.78 is 8.40. The van der Waals surface area contributed by atoms with Crippen molar-refractivity contribution in [1.82, 2.24) is 19.7 Å². The molecule has 0 radical (unpaired) electrons. The molecule has 0 saturated heterocycles. The first-order chi connectivity index (χ1) is 14.8. The zero-order chi connectivity index (χ0) is 22.1. The quantitative estimate of drug-likeness (QED) is 0.314. The van der Waals surface area contributed by atoms with Crippen LogP contribution in [0.25, 0.3) is 27.5 Å². The maximum absolute atomic E-state index is 5.31. The highest BCUT2D eigenvalue weighted by molar-refractivity contribution is 8.01. The van der Waals surface area contributed by atoms with E-state index in [4.69, 9.17) is 14.8 Å². The van der Waals surface area contributed by atoms with Crippen molar-refractivity contribution in [3.8, 4) is 33.3 Å². The minimum Gasteiger partial charge on any atom is -0.497 e. The van der Waals surface area contributed by atoms with Gasteiger partial charge in [0.15, 0.2) is 0 Å². The van der Waals surface area contributed by atoms with Crippen LogP contribution < -0.4 is 4.74 Å². The second kappa shape index (κ2) is 8.85. The van der Waals surface area contributed by atoms with Crippen LogP contribution in [-0.4, -0.2) is 32.1 Å². The molecule has 0 spiro atoms. The molecule has 0 aliphatic carbocycles. The lowest BCUT2D eigenvalue weighted by molar-refractivity contribution is 0.415. The summed E-state index contributed by atoms with van der Waals surface area (Å²) in [6.07, 6.45) is 2.07. The fraction of sp³-hybridized carbons (Fsp3) is 0.292. The number of hydrogen-bond donors (Lipinski definition) is 0. The number of hydrogen-bond acceptors (Lipinski definition) is 6. The van der Waals surface area contributed by atoms with E-state index in [9.17, 15) is 0 Å². The van der Waals surface area contributed by atoms with Gasteiger partial charge in [-0.2, -0.15) is 5.10 Å². The molecule has 0 aliphatic heterocycles. The number of rotatable bonds is 6. The Labute approximate surface area is 191 Å². The van der Waals surface area contributed by atoms with Gasteiger partial charge in [0.1, 0.15) is 5.75 Å². The number of nitrogens with zero attached hydrogens (tertiary/aromatic N) is 4. The van der Waals surface area contributed by atoms with Crippen LogP contribution in [0, 0.1) is 20.8 Å². The summed E-state index contributed by atoms with van der Waals surface area (Å²) in [4.78, 5) is 9.48. The summed E-state index contributed by atoms with van der Waals surface area (Å²) in [7, 11) is 1.68. The Morgan fingerprint density at radius 3 is 2.26 bits per heavy atom. The van der Waals surface area contributed by atoms with Crippen molar-refractivity contribution in [2.45, 2.75) is 44.1 Å². The van der Waals surface area contributed by atoms with E-state index < -0.39 is 0 Å². The van der Waals surface area contributed by atoms with Crippen LogP contribution >= 0.6 is 23.1 Å². The summed E-state index contributed by atoms with van der Waals surface area (Å²) >= 11 is 3.51. The molecule has 4 aromatic rings. The van der Waals surface area contributed by atoms with Gasteiger partial charge in [-0.25, -0.2) is 9.67 Å². The van der Waals surface area contributed by atoms with E-state index in [2.05, 4.69) is 49.3 Å². The highest BCUT2D eigenvalue weighted by atomic mass is 32.2. The Kier molecular flexibility index (Phi) is 6.16. The van der Waals surface area contributed by atoms with Crippen LogP contribution in [0.3, 0.4) is 0 Å². The number of methoxy groups -OCH3 is 1. The van der Waals surface area contributed by atoms with Crippen LogP contribution in [0.2, 0.25) is 0 Å². The molecule has 0 amide bonds. The van der Waals surface area contributed by atoms with Crippen LogP contribution in [0.4, 0.5) is 0 Å². The second-order valence-corrected chi connectivity index (χ2v) is 10.6. The molecule has 3 aromatic heterocycles. The van der Waals surface area contributed by atoms with Gasteiger partial charge in [-0.1, -0.05) is 25.2 Å². The Hall–Kier alpha value is -2.64. The van der Waals surface area contributed by atoms with Crippen molar-refractivity contribution in [1.29, 1.82) is 0 Å². The van der Waals surface area contributed by atoms with E-state index in [-0.39, 0.29) is 0 Å². The van der Waals surface area contributed by atoms with Gasteiger partial charge in [-0.3, -0.25) is 4.98 Å². The van der Waals surface area contributed by atoms with Crippen molar-refractivity contribution >= 4 is 23.1 Å². The minimum absolute atomic E-state index is 0.461. The number of aromatic nitrogens is 4.